The summed E-state index contributed by atoms with van der Waals surface area (Å²) in [4.78, 5) is 14.6. The molecule has 1 N–H and O–H groups in total. The molecule has 0 aliphatic rings. The van der Waals surface area contributed by atoms with E-state index in [-0.39, 0.29) is 10.8 Å². The van der Waals surface area contributed by atoms with Gasteiger partial charge in [0.05, 0.1) is 17.0 Å². The van der Waals surface area contributed by atoms with Crippen LogP contribution in [0.5, 0.6) is 0 Å². The second-order valence-electron chi connectivity index (χ2n) is 3.59. The van der Waals surface area contributed by atoms with Crippen LogP contribution in [0.15, 0.2) is 18.3 Å². The molecule has 0 fully saturated rings. The molecule has 5 heteroatoms. The molecule has 0 spiro atoms. The van der Waals surface area contributed by atoms with Crippen molar-refractivity contribution in [2.24, 2.45) is 0 Å². The highest BCUT2D eigenvalue weighted by atomic mass is 32.2. The maximum atomic E-state index is 11.7. The number of aromatic carboxylic acids is 1. The lowest BCUT2D eigenvalue weighted by Gasteiger charge is -2.07. The lowest BCUT2D eigenvalue weighted by Crippen LogP contribution is -2.12. The molecule has 0 radical (unpaired) electrons. The summed E-state index contributed by atoms with van der Waals surface area (Å²) in [5, 5.41) is 8.82. The summed E-state index contributed by atoms with van der Waals surface area (Å²) in [6.45, 7) is 3.92. The van der Waals surface area contributed by atoms with Crippen molar-refractivity contribution < 1.29 is 14.1 Å². The summed E-state index contributed by atoms with van der Waals surface area (Å²) in [6.07, 6.45) is 2.16. The van der Waals surface area contributed by atoms with E-state index in [2.05, 4.69) is 4.98 Å². The van der Waals surface area contributed by atoms with Crippen LogP contribution in [0.3, 0.4) is 0 Å². The number of hydrogen-bond donors (Lipinski definition) is 1. The number of carboxylic acid groups (broad SMARTS) is 1. The van der Waals surface area contributed by atoms with Crippen molar-refractivity contribution in [3.63, 3.8) is 0 Å². The van der Waals surface area contributed by atoms with Crippen LogP contribution in [-0.4, -0.2) is 25.5 Å². The van der Waals surface area contributed by atoms with Gasteiger partial charge >= 0.3 is 5.97 Å². The Kier molecular flexibility index (Phi) is 4.61. The summed E-state index contributed by atoms with van der Waals surface area (Å²) in [5.41, 5.74) is 0.821. The molecule has 1 heterocycles. The third kappa shape index (κ3) is 3.41. The number of rotatable bonds is 5. The first kappa shape index (κ1) is 12.8. The molecule has 0 aliphatic heterocycles. The van der Waals surface area contributed by atoms with E-state index in [0.29, 0.717) is 11.4 Å². The van der Waals surface area contributed by atoms with Gasteiger partial charge in [-0.25, -0.2) is 4.79 Å². The van der Waals surface area contributed by atoms with Crippen LogP contribution in [0, 0.1) is 0 Å². The SMILES string of the molecule is CCC(C)S(=O)Cc1ccc(C(=O)O)cn1. The molecular weight excluding hydrogens is 226 g/mol. The van der Waals surface area contributed by atoms with Crippen molar-refractivity contribution >= 4 is 16.8 Å². The summed E-state index contributed by atoms with van der Waals surface area (Å²) >= 11 is 0. The Hall–Kier alpha value is -1.23. The van der Waals surface area contributed by atoms with Gasteiger partial charge in [-0.1, -0.05) is 13.8 Å². The zero-order valence-corrected chi connectivity index (χ0v) is 10.2. The zero-order valence-electron chi connectivity index (χ0n) is 9.34. The highest BCUT2D eigenvalue weighted by Gasteiger charge is 2.10. The molecule has 2 atom stereocenters. The predicted octanol–water partition coefficient (Wildman–Crippen LogP) is 1.83. The van der Waals surface area contributed by atoms with Gasteiger partial charge in [0, 0.05) is 22.2 Å². The van der Waals surface area contributed by atoms with Gasteiger partial charge in [0.1, 0.15) is 0 Å². The average molecular weight is 241 g/mol. The fraction of sp³-hybridized carbons (Fsp3) is 0.455. The summed E-state index contributed by atoms with van der Waals surface area (Å²) < 4.78 is 11.7. The van der Waals surface area contributed by atoms with Gasteiger partial charge in [0.15, 0.2) is 0 Å². The van der Waals surface area contributed by atoms with Crippen molar-refractivity contribution in [1.82, 2.24) is 4.98 Å². The molecule has 2 unspecified atom stereocenters. The molecule has 16 heavy (non-hydrogen) atoms. The van der Waals surface area contributed by atoms with Gasteiger partial charge in [-0.05, 0) is 18.6 Å². The largest absolute Gasteiger partial charge is 0.478 e. The first-order chi connectivity index (χ1) is 7.54. The van der Waals surface area contributed by atoms with Crippen molar-refractivity contribution in [2.75, 3.05) is 0 Å². The number of nitrogens with zero attached hydrogens (tertiary/aromatic N) is 1. The maximum absolute atomic E-state index is 11.7. The van der Waals surface area contributed by atoms with Gasteiger partial charge in [0.25, 0.3) is 0 Å². The Bertz CT molecular complexity index is 389. The van der Waals surface area contributed by atoms with Crippen molar-refractivity contribution in [1.29, 1.82) is 0 Å². The second-order valence-corrected chi connectivity index (χ2v) is 5.44. The smallest absolute Gasteiger partial charge is 0.337 e. The van der Waals surface area contributed by atoms with E-state index in [1.165, 1.54) is 12.3 Å². The van der Waals surface area contributed by atoms with Gasteiger partial charge in [-0.15, -0.1) is 0 Å². The van der Waals surface area contributed by atoms with Gasteiger partial charge in [-0.3, -0.25) is 9.19 Å². The molecule has 0 aliphatic carbocycles. The summed E-state index contributed by atoms with van der Waals surface area (Å²) in [5.74, 6) is -0.614. The molecular formula is C11H15NO3S. The maximum Gasteiger partial charge on any atom is 0.337 e. The van der Waals surface area contributed by atoms with Gasteiger partial charge in [-0.2, -0.15) is 0 Å². The van der Waals surface area contributed by atoms with Crippen LogP contribution in [0.1, 0.15) is 36.3 Å². The van der Waals surface area contributed by atoms with Crippen molar-refractivity contribution in [3.05, 3.63) is 29.6 Å². The summed E-state index contributed by atoms with van der Waals surface area (Å²) in [6, 6.07) is 3.10. The topological polar surface area (TPSA) is 67.3 Å². The Morgan fingerprint density at radius 1 is 1.56 bits per heavy atom. The van der Waals surface area contributed by atoms with Crippen molar-refractivity contribution in [3.8, 4) is 0 Å². The molecule has 0 amide bonds. The highest BCUT2D eigenvalue weighted by Crippen LogP contribution is 2.08. The standard InChI is InChI=1S/C11H15NO3S/c1-3-8(2)16(15)7-10-5-4-9(6-12-10)11(13)14/h4-6,8H,3,7H2,1-2H3,(H,13,14). The monoisotopic (exact) mass is 241 g/mol. The molecule has 4 nitrogen and oxygen atoms in total. The lowest BCUT2D eigenvalue weighted by molar-refractivity contribution is 0.0696. The Morgan fingerprint density at radius 2 is 2.25 bits per heavy atom. The normalized spacial score (nSPS) is 14.4. The number of pyridine rings is 1. The minimum atomic E-state index is -0.998. The molecule has 1 aromatic rings. The number of carbonyl (C=O) groups is 1. The summed E-state index contributed by atoms with van der Waals surface area (Å²) in [7, 11) is -0.943. The minimum absolute atomic E-state index is 0.140. The lowest BCUT2D eigenvalue weighted by atomic mass is 10.2. The predicted molar refractivity (Wildman–Crippen MR) is 62.8 cm³/mol. The van der Waals surface area contributed by atoms with E-state index in [4.69, 9.17) is 5.11 Å². The number of carboxylic acids is 1. The number of hydrogen-bond acceptors (Lipinski definition) is 3. The number of aromatic nitrogens is 1. The first-order valence-corrected chi connectivity index (χ1v) is 6.48. The molecule has 88 valence electrons. The molecule has 0 saturated heterocycles. The molecule has 1 aromatic heterocycles. The van der Waals surface area contributed by atoms with Crippen LogP contribution in [0.25, 0.3) is 0 Å². The van der Waals surface area contributed by atoms with E-state index in [9.17, 15) is 9.00 Å². The Morgan fingerprint density at radius 3 is 2.69 bits per heavy atom. The Labute approximate surface area is 97.2 Å². The third-order valence-electron chi connectivity index (χ3n) is 2.39. The van der Waals surface area contributed by atoms with E-state index in [1.807, 2.05) is 13.8 Å². The average Bonchev–Trinajstić information content (AvgIpc) is 2.28. The highest BCUT2D eigenvalue weighted by molar-refractivity contribution is 7.84. The molecule has 0 bridgehead atoms. The minimum Gasteiger partial charge on any atom is -0.478 e. The third-order valence-corrected chi connectivity index (χ3v) is 4.20. The van der Waals surface area contributed by atoms with E-state index >= 15 is 0 Å². The van der Waals surface area contributed by atoms with Crippen LogP contribution in [0.2, 0.25) is 0 Å². The molecule has 0 saturated carbocycles. The molecule has 0 aromatic carbocycles. The van der Waals surface area contributed by atoms with Gasteiger partial charge < -0.3 is 5.11 Å². The van der Waals surface area contributed by atoms with Crippen molar-refractivity contribution in [2.45, 2.75) is 31.3 Å². The first-order valence-electron chi connectivity index (χ1n) is 5.10. The van der Waals surface area contributed by atoms with Crippen LogP contribution < -0.4 is 0 Å². The Balaban J connectivity index is 2.69. The quantitative estimate of drug-likeness (QED) is 0.854. The van der Waals surface area contributed by atoms with Crippen LogP contribution >= 0.6 is 0 Å². The molecule has 1 rings (SSSR count). The van der Waals surface area contributed by atoms with Gasteiger partial charge in [0.2, 0.25) is 0 Å². The van der Waals surface area contributed by atoms with E-state index in [1.54, 1.807) is 6.07 Å². The van der Waals surface area contributed by atoms with Crippen LogP contribution in [-0.2, 0) is 16.6 Å². The van der Waals surface area contributed by atoms with Crippen LogP contribution in [0.4, 0.5) is 0 Å². The van der Waals surface area contributed by atoms with E-state index < -0.39 is 16.8 Å². The second kappa shape index (κ2) is 5.75. The fourth-order valence-electron chi connectivity index (χ4n) is 1.11. The van der Waals surface area contributed by atoms with E-state index in [0.717, 1.165) is 6.42 Å². The zero-order chi connectivity index (χ0) is 12.1. The fourth-order valence-corrected chi connectivity index (χ4v) is 2.23.